The Morgan fingerprint density at radius 1 is 1.05 bits per heavy atom. The lowest BCUT2D eigenvalue weighted by Crippen LogP contribution is -2.17. The van der Waals surface area contributed by atoms with E-state index in [1.807, 2.05) is 0 Å². The van der Waals surface area contributed by atoms with E-state index >= 15 is 0 Å². The molecule has 2 aromatic heterocycles. The van der Waals surface area contributed by atoms with E-state index in [4.69, 9.17) is 4.74 Å². The van der Waals surface area contributed by atoms with Gasteiger partial charge in [0.1, 0.15) is 4.90 Å². The number of hydrogen-bond acceptors (Lipinski definition) is 6. The number of rotatable bonds is 4. The summed E-state index contributed by atoms with van der Waals surface area (Å²) >= 11 is 0. The van der Waals surface area contributed by atoms with Crippen LogP contribution in [0.2, 0.25) is 0 Å². The molecular formula is C13H19N5O3S. The van der Waals surface area contributed by atoms with Crippen LogP contribution in [0.5, 0.6) is 6.01 Å². The van der Waals surface area contributed by atoms with Gasteiger partial charge in [0.15, 0.2) is 0 Å². The average molecular weight is 325 g/mol. The van der Waals surface area contributed by atoms with E-state index in [2.05, 4.69) is 19.8 Å². The fourth-order valence-electron chi connectivity index (χ4n) is 2.25. The zero-order valence-electron chi connectivity index (χ0n) is 13.4. The van der Waals surface area contributed by atoms with Crippen LogP contribution in [0.25, 0.3) is 0 Å². The van der Waals surface area contributed by atoms with E-state index in [0.717, 1.165) is 0 Å². The lowest BCUT2D eigenvalue weighted by molar-refractivity contribution is 0.378. The van der Waals surface area contributed by atoms with Gasteiger partial charge in [-0.15, -0.1) is 0 Å². The van der Waals surface area contributed by atoms with Crippen molar-refractivity contribution >= 4 is 15.7 Å². The average Bonchev–Trinajstić information content (AvgIpc) is 2.67. The molecule has 0 amide bonds. The lowest BCUT2D eigenvalue weighted by Gasteiger charge is -2.13. The van der Waals surface area contributed by atoms with Gasteiger partial charge in [0.25, 0.3) is 10.0 Å². The molecule has 0 saturated carbocycles. The predicted octanol–water partition coefficient (Wildman–Crippen LogP) is 1.25. The standard InChI is InChI=1S/C13H19N5O3S/c1-7-11(8(2)15-13(14-7)21-6)17-22(19,20)12-9(3)16-18(5)10(12)4/h17H,1-6H3. The van der Waals surface area contributed by atoms with Gasteiger partial charge in [-0.05, 0) is 27.7 Å². The summed E-state index contributed by atoms with van der Waals surface area (Å²) in [6, 6.07) is 0.201. The molecule has 0 fully saturated rings. The van der Waals surface area contributed by atoms with Gasteiger partial charge in [0.2, 0.25) is 0 Å². The van der Waals surface area contributed by atoms with E-state index in [1.165, 1.54) is 11.8 Å². The number of sulfonamides is 1. The quantitative estimate of drug-likeness (QED) is 0.908. The Balaban J connectivity index is 2.50. The Hall–Kier alpha value is -2.16. The minimum absolute atomic E-state index is 0.171. The highest BCUT2D eigenvalue weighted by atomic mass is 32.2. The normalized spacial score (nSPS) is 11.5. The Labute approximate surface area is 129 Å². The van der Waals surface area contributed by atoms with Crippen LogP contribution in [0, 0.1) is 27.7 Å². The van der Waals surface area contributed by atoms with Crippen molar-refractivity contribution in [1.29, 1.82) is 0 Å². The summed E-state index contributed by atoms with van der Waals surface area (Å²) < 4.78 is 34.4. The molecule has 2 aromatic rings. The van der Waals surface area contributed by atoms with Crippen molar-refractivity contribution < 1.29 is 13.2 Å². The molecule has 0 radical (unpaired) electrons. The highest BCUT2D eigenvalue weighted by Crippen LogP contribution is 2.25. The van der Waals surface area contributed by atoms with Gasteiger partial charge in [-0.1, -0.05) is 0 Å². The number of methoxy groups -OCH3 is 1. The minimum atomic E-state index is -3.77. The van der Waals surface area contributed by atoms with Crippen molar-refractivity contribution in [2.75, 3.05) is 11.8 Å². The molecule has 0 aromatic carbocycles. The first-order valence-corrected chi connectivity index (χ1v) is 8.08. The van der Waals surface area contributed by atoms with Crippen LogP contribution in [0.4, 0.5) is 5.69 Å². The molecule has 0 atom stereocenters. The number of nitrogens with zero attached hydrogens (tertiary/aromatic N) is 4. The van der Waals surface area contributed by atoms with Crippen LogP contribution in [0.1, 0.15) is 22.8 Å². The maximum atomic E-state index is 12.7. The van der Waals surface area contributed by atoms with E-state index in [0.29, 0.717) is 28.5 Å². The molecule has 0 spiro atoms. The van der Waals surface area contributed by atoms with Crippen molar-refractivity contribution in [2.24, 2.45) is 7.05 Å². The first kappa shape index (κ1) is 16.2. The summed E-state index contributed by atoms with van der Waals surface area (Å²) in [7, 11) is -0.611. The number of nitrogens with one attached hydrogen (secondary N) is 1. The summed E-state index contributed by atoms with van der Waals surface area (Å²) in [4.78, 5) is 8.37. The highest BCUT2D eigenvalue weighted by molar-refractivity contribution is 7.92. The fourth-order valence-corrected chi connectivity index (χ4v) is 3.87. The van der Waals surface area contributed by atoms with Gasteiger partial charge in [-0.3, -0.25) is 9.40 Å². The van der Waals surface area contributed by atoms with Crippen molar-refractivity contribution in [1.82, 2.24) is 19.7 Å². The Morgan fingerprint density at radius 2 is 1.59 bits per heavy atom. The van der Waals surface area contributed by atoms with Gasteiger partial charge in [0.05, 0.1) is 35.6 Å². The van der Waals surface area contributed by atoms with E-state index in [9.17, 15) is 8.42 Å². The van der Waals surface area contributed by atoms with Crippen LogP contribution < -0.4 is 9.46 Å². The molecule has 0 saturated heterocycles. The number of aryl methyl sites for hydroxylation is 4. The maximum absolute atomic E-state index is 12.7. The second-order valence-electron chi connectivity index (χ2n) is 4.99. The smallest absolute Gasteiger partial charge is 0.316 e. The molecule has 22 heavy (non-hydrogen) atoms. The fraction of sp³-hybridized carbons (Fsp3) is 0.462. The Kier molecular flexibility index (Phi) is 4.10. The number of hydrogen-bond donors (Lipinski definition) is 1. The second-order valence-corrected chi connectivity index (χ2v) is 6.60. The van der Waals surface area contributed by atoms with Crippen molar-refractivity contribution in [3.63, 3.8) is 0 Å². The van der Waals surface area contributed by atoms with Gasteiger partial charge in [-0.2, -0.15) is 15.1 Å². The minimum Gasteiger partial charge on any atom is -0.467 e. The molecule has 2 rings (SSSR count). The summed E-state index contributed by atoms with van der Waals surface area (Å²) in [5, 5.41) is 4.14. The highest BCUT2D eigenvalue weighted by Gasteiger charge is 2.25. The third kappa shape index (κ3) is 2.76. The predicted molar refractivity (Wildman–Crippen MR) is 81.5 cm³/mol. The van der Waals surface area contributed by atoms with Crippen LogP contribution in [-0.4, -0.2) is 35.3 Å². The maximum Gasteiger partial charge on any atom is 0.316 e. The zero-order valence-corrected chi connectivity index (χ0v) is 14.2. The number of anilines is 1. The van der Waals surface area contributed by atoms with Crippen LogP contribution >= 0.6 is 0 Å². The van der Waals surface area contributed by atoms with Crippen LogP contribution in [-0.2, 0) is 17.1 Å². The second kappa shape index (κ2) is 5.56. The van der Waals surface area contributed by atoms with Gasteiger partial charge < -0.3 is 4.74 Å². The molecule has 8 nitrogen and oxygen atoms in total. The molecular weight excluding hydrogens is 306 g/mol. The molecule has 0 unspecified atom stereocenters. The zero-order chi connectivity index (χ0) is 16.7. The monoisotopic (exact) mass is 325 g/mol. The molecule has 0 aliphatic carbocycles. The largest absolute Gasteiger partial charge is 0.467 e. The molecule has 0 aliphatic heterocycles. The van der Waals surface area contributed by atoms with Crippen LogP contribution in [0.3, 0.4) is 0 Å². The Morgan fingerprint density at radius 3 is 2.00 bits per heavy atom. The summed E-state index contributed by atoms with van der Waals surface area (Å²) in [5.74, 6) is 0. The Bertz CT molecular complexity index is 803. The third-order valence-corrected chi connectivity index (χ3v) is 4.98. The van der Waals surface area contributed by atoms with Crippen molar-refractivity contribution in [3.05, 3.63) is 22.8 Å². The van der Waals surface area contributed by atoms with Crippen LogP contribution in [0.15, 0.2) is 4.90 Å². The molecule has 0 bridgehead atoms. The van der Waals surface area contributed by atoms with Crippen molar-refractivity contribution in [3.8, 4) is 6.01 Å². The number of aromatic nitrogens is 4. The third-order valence-electron chi connectivity index (χ3n) is 3.38. The molecule has 1 N–H and O–H groups in total. The molecule has 120 valence electrons. The van der Waals surface area contributed by atoms with Gasteiger partial charge in [-0.25, -0.2) is 8.42 Å². The molecule has 0 aliphatic rings. The SMILES string of the molecule is COc1nc(C)c(NS(=O)(=O)c2c(C)nn(C)c2C)c(C)n1. The van der Waals surface area contributed by atoms with Crippen molar-refractivity contribution in [2.45, 2.75) is 32.6 Å². The first-order valence-electron chi connectivity index (χ1n) is 6.59. The van der Waals surface area contributed by atoms with E-state index < -0.39 is 10.0 Å². The number of ether oxygens (including phenoxy) is 1. The summed E-state index contributed by atoms with van der Waals surface area (Å²) in [5.41, 5.74) is 2.34. The van der Waals surface area contributed by atoms with E-state index in [-0.39, 0.29) is 10.9 Å². The molecule has 9 heteroatoms. The topological polar surface area (TPSA) is 99.0 Å². The first-order chi connectivity index (χ1) is 10.2. The van der Waals surface area contributed by atoms with E-state index in [1.54, 1.807) is 34.7 Å². The summed E-state index contributed by atoms with van der Waals surface area (Å²) in [6.07, 6.45) is 0. The molecule has 2 heterocycles. The lowest BCUT2D eigenvalue weighted by atomic mass is 10.3. The van der Waals surface area contributed by atoms with Gasteiger partial charge >= 0.3 is 6.01 Å². The van der Waals surface area contributed by atoms with Gasteiger partial charge in [0, 0.05) is 7.05 Å². The summed E-state index contributed by atoms with van der Waals surface area (Å²) in [6.45, 7) is 6.75.